The third-order valence-corrected chi connectivity index (χ3v) is 4.06. The Morgan fingerprint density at radius 2 is 2.29 bits per heavy atom. The van der Waals surface area contributed by atoms with Crippen molar-refractivity contribution >= 4 is 7.85 Å². The van der Waals surface area contributed by atoms with Crippen molar-refractivity contribution in [1.29, 1.82) is 0 Å². The zero-order chi connectivity index (χ0) is 10.2. The molecule has 78 valence electrons. The van der Waals surface area contributed by atoms with Gasteiger partial charge in [0.2, 0.25) is 0 Å². The van der Waals surface area contributed by atoms with Gasteiger partial charge >= 0.3 is 0 Å². The first kappa shape index (κ1) is 10.5. The highest BCUT2D eigenvalue weighted by atomic mass is 16.5. The molecule has 0 spiro atoms. The summed E-state index contributed by atoms with van der Waals surface area (Å²) in [6.07, 6.45) is 3.25. The van der Waals surface area contributed by atoms with E-state index in [2.05, 4.69) is 13.8 Å². The van der Waals surface area contributed by atoms with Gasteiger partial charge in [-0.1, -0.05) is 13.8 Å². The van der Waals surface area contributed by atoms with E-state index in [-0.39, 0.29) is 11.6 Å². The van der Waals surface area contributed by atoms with E-state index >= 15 is 0 Å². The van der Waals surface area contributed by atoms with Crippen molar-refractivity contribution in [2.24, 2.45) is 11.8 Å². The molecule has 2 fully saturated rings. The van der Waals surface area contributed by atoms with Gasteiger partial charge in [-0.3, -0.25) is 0 Å². The van der Waals surface area contributed by atoms with E-state index in [0.29, 0.717) is 11.8 Å². The van der Waals surface area contributed by atoms with Crippen LogP contribution in [-0.2, 0) is 9.47 Å². The smallest absolute Gasteiger partial charge is 0.109 e. The third-order valence-electron chi connectivity index (χ3n) is 4.06. The SMILES string of the molecule is [B][C@@H]1O[C@]2(CC)CCCOC[C@@H]1C2C. The molecule has 2 aliphatic heterocycles. The summed E-state index contributed by atoms with van der Waals surface area (Å²) in [6.45, 7) is 6.09. The van der Waals surface area contributed by atoms with E-state index in [1.165, 1.54) is 0 Å². The molecule has 2 nitrogen and oxygen atoms in total. The fraction of sp³-hybridized carbons (Fsp3) is 1.00. The molecule has 2 radical (unpaired) electrons. The predicted octanol–water partition coefficient (Wildman–Crippen LogP) is 1.72. The minimum atomic E-state index is -0.122. The molecule has 2 rings (SSSR count). The fourth-order valence-corrected chi connectivity index (χ4v) is 2.94. The first-order chi connectivity index (χ1) is 6.69. The van der Waals surface area contributed by atoms with Crippen molar-refractivity contribution < 1.29 is 9.47 Å². The molecule has 2 heterocycles. The van der Waals surface area contributed by atoms with Crippen molar-refractivity contribution in [3.8, 4) is 0 Å². The van der Waals surface area contributed by atoms with E-state index < -0.39 is 0 Å². The zero-order valence-corrected chi connectivity index (χ0v) is 9.16. The van der Waals surface area contributed by atoms with E-state index in [9.17, 15) is 0 Å². The molecule has 14 heavy (non-hydrogen) atoms. The summed E-state index contributed by atoms with van der Waals surface area (Å²) < 4.78 is 11.6. The Morgan fingerprint density at radius 1 is 1.50 bits per heavy atom. The van der Waals surface area contributed by atoms with Gasteiger partial charge in [-0.05, 0) is 25.2 Å². The average molecular weight is 194 g/mol. The molecule has 0 aliphatic carbocycles. The summed E-state index contributed by atoms with van der Waals surface area (Å²) in [5.74, 6) is 0.915. The largest absolute Gasteiger partial charge is 0.381 e. The standard InChI is InChI=1S/C11H19BO2/c1-3-11-5-4-6-13-7-9(8(11)2)10(12)14-11/h8-10H,3-7H2,1-2H3/t8?,9-,10-,11-/m1/s1. The van der Waals surface area contributed by atoms with Crippen molar-refractivity contribution in [2.45, 2.75) is 44.7 Å². The van der Waals surface area contributed by atoms with Crippen molar-refractivity contribution in [3.05, 3.63) is 0 Å². The average Bonchev–Trinajstić information content (AvgIpc) is 2.44. The summed E-state index contributed by atoms with van der Waals surface area (Å²) in [5.41, 5.74) is 0.0356. The number of ether oxygens (including phenoxy) is 2. The maximum Gasteiger partial charge on any atom is 0.109 e. The van der Waals surface area contributed by atoms with Crippen LogP contribution >= 0.6 is 0 Å². The molecule has 4 atom stereocenters. The highest BCUT2D eigenvalue weighted by Crippen LogP contribution is 2.45. The van der Waals surface area contributed by atoms with E-state index in [0.717, 1.165) is 32.5 Å². The summed E-state index contributed by atoms with van der Waals surface area (Å²) >= 11 is 0. The molecule has 0 N–H and O–H groups in total. The summed E-state index contributed by atoms with van der Waals surface area (Å²) in [4.78, 5) is 0. The molecular formula is C11H19BO2. The van der Waals surface area contributed by atoms with Crippen LogP contribution in [0.1, 0.15) is 33.1 Å². The topological polar surface area (TPSA) is 18.5 Å². The monoisotopic (exact) mass is 194 g/mol. The molecule has 1 unspecified atom stereocenters. The molecule has 3 heteroatoms. The van der Waals surface area contributed by atoms with Gasteiger partial charge in [0.15, 0.2) is 0 Å². The van der Waals surface area contributed by atoms with Crippen molar-refractivity contribution in [3.63, 3.8) is 0 Å². The zero-order valence-electron chi connectivity index (χ0n) is 9.16. The minimum absolute atomic E-state index is 0.0356. The molecule has 2 bridgehead atoms. The lowest BCUT2D eigenvalue weighted by atomic mass is 9.74. The Morgan fingerprint density at radius 3 is 3.00 bits per heavy atom. The number of hydrogen-bond donors (Lipinski definition) is 0. The second-order valence-electron chi connectivity index (χ2n) is 4.63. The minimum Gasteiger partial charge on any atom is -0.381 e. The van der Waals surface area contributed by atoms with Crippen LogP contribution in [0.2, 0.25) is 0 Å². The number of rotatable bonds is 1. The first-order valence-corrected chi connectivity index (χ1v) is 5.71. The summed E-state index contributed by atoms with van der Waals surface area (Å²) in [7, 11) is 6.01. The van der Waals surface area contributed by atoms with Crippen LogP contribution in [0.25, 0.3) is 0 Å². The molecule has 0 aromatic rings. The maximum absolute atomic E-state index is 6.01. The second kappa shape index (κ2) is 3.86. The van der Waals surface area contributed by atoms with Crippen LogP contribution in [0.15, 0.2) is 0 Å². The van der Waals surface area contributed by atoms with Crippen LogP contribution in [0.5, 0.6) is 0 Å². The highest BCUT2D eigenvalue weighted by Gasteiger charge is 2.49. The molecule has 2 saturated heterocycles. The van der Waals surface area contributed by atoms with Gasteiger partial charge in [-0.2, -0.15) is 0 Å². The van der Waals surface area contributed by atoms with Gasteiger partial charge in [0, 0.05) is 18.5 Å². The van der Waals surface area contributed by atoms with E-state index in [1.54, 1.807) is 0 Å². The fourth-order valence-electron chi connectivity index (χ4n) is 2.94. The lowest BCUT2D eigenvalue weighted by Gasteiger charge is -2.34. The molecule has 2 aliphatic rings. The lowest BCUT2D eigenvalue weighted by molar-refractivity contribution is -0.0456. The number of hydrogen-bond acceptors (Lipinski definition) is 2. The van der Waals surface area contributed by atoms with Gasteiger partial charge < -0.3 is 9.47 Å². The van der Waals surface area contributed by atoms with Gasteiger partial charge in [-0.15, -0.1) is 0 Å². The van der Waals surface area contributed by atoms with Crippen LogP contribution < -0.4 is 0 Å². The Labute approximate surface area is 87.8 Å². The van der Waals surface area contributed by atoms with Crippen molar-refractivity contribution in [2.75, 3.05) is 13.2 Å². The highest BCUT2D eigenvalue weighted by molar-refractivity contribution is 6.11. The Bertz CT molecular complexity index is 209. The van der Waals surface area contributed by atoms with Gasteiger partial charge in [0.05, 0.1) is 12.2 Å². The quantitative estimate of drug-likeness (QED) is 0.591. The normalized spacial score (nSPS) is 48.6. The van der Waals surface area contributed by atoms with Gasteiger partial charge in [-0.25, -0.2) is 0 Å². The van der Waals surface area contributed by atoms with Gasteiger partial charge in [0.25, 0.3) is 0 Å². The van der Waals surface area contributed by atoms with E-state index in [4.69, 9.17) is 17.3 Å². The summed E-state index contributed by atoms with van der Waals surface area (Å²) in [6, 6.07) is -0.122. The Balaban J connectivity index is 2.21. The summed E-state index contributed by atoms with van der Waals surface area (Å²) in [5, 5.41) is 0. The first-order valence-electron chi connectivity index (χ1n) is 5.71. The van der Waals surface area contributed by atoms with Crippen LogP contribution in [0, 0.1) is 11.8 Å². The Kier molecular flexibility index (Phi) is 2.89. The molecular weight excluding hydrogens is 175 g/mol. The molecule has 0 aromatic heterocycles. The van der Waals surface area contributed by atoms with Crippen molar-refractivity contribution in [1.82, 2.24) is 0 Å². The van der Waals surface area contributed by atoms with Crippen LogP contribution in [-0.4, -0.2) is 32.7 Å². The van der Waals surface area contributed by atoms with Gasteiger partial charge in [0.1, 0.15) is 7.85 Å². The molecule has 0 amide bonds. The molecule has 0 aromatic carbocycles. The van der Waals surface area contributed by atoms with Crippen LogP contribution in [0.4, 0.5) is 0 Å². The van der Waals surface area contributed by atoms with E-state index in [1.807, 2.05) is 0 Å². The van der Waals surface area contributed by atoms with Crippen LogP contribution in [0.3, 0.4) is 0 Å². The molecule has 0 saturated carbocycles. The lowest BCUT2D eigenvalue weighted by Crippen LogP contribution is -2.37. The predicted molar refractivity (Wildman–Crippen MR) is 56.4 cm³/mol. The second-order valence-corrected chi connectivity index (χ2v) is 4.63. The third kappa shape index (κ3) is 1.51. The maximum atomic E-state index is 6.01. The Hall–Kier alpha value is -0.0151. The number of fused-ring (bicyclic) bond motifs is 2.